The fourth-order valence-electron chi connectivity index (χ4n) is 1.80. The third-order valence-electron chi connectivity index (χ3n) is 2.67. The van der Waals surface area contributed by atoms with Crippen molar-refractivity contribution in [3.05, 3.63) is 70.0 Å². The molecule has 92 valence electrons. The highest BCUT2D eigenvalue weighted by molar-refractivity contribution is 6.35. The second-order valence-electron chi connectivity index (χ2n) is 3.89. The molecule has 0 spiro atoms. The van der Waals surface area contributed by atoms with Crippen LogP contribution < -0.4 is 0 Å². The molecule has 0 aromatic heterocycles. The number of benzene rings is 2. The lowest BCUT2D eigenvalue weighted by Crippen LogP contribution is -2.06. The summed E-state index contributed by atoms with van der Waals surface area (Å²) in [6.45, 7) is 1.75. The Morgan fingerprint density at radius 3 is 2.50 bits per heavy atom. The van der Waals surface area contributed by atoms with Crippen molar-refractivity contribution in [2.45, 2.75) is 6.92 Å². The molecule has 0 amide bonds. The predicted molar refractivity (Wildman–Crippen MR) is 70.0 cm³/mol. The molecule has 0 aliphatic rings. The molecule has 4 heteroatoms. The van der Waals surface area contributed by atoms with E-state index in [-0.39, 0.29) is 5.82 Å². The van der Waals surface area contributed by atoms with Gasteiger partial charge in [0.25, 0.3) is 0 Å². The largest absolute Gasteiger partial charge is 0.410 e. The summed E-state index contributed by atoms with van der Waals surface area (Å²) >= 11 is 6.07. The number of oxime groups is 1. The second-order valence-corrected chi connectivity index (χ2v) is 4.29. The first-order chi connectivity index (χ1) is 8.63. The van der Waals surface area contributed by atoms with Gasteiger partial charge in [-0.15, -0.1) is 0 Å². The van der Waals surface area contributed by atoms with Crippen LogP contribution in [0.15, 0.2) is 47.6 Å². The number of hydrogen-bond donors (Lipinski definition) is 1. The SMILES string of the molecule is Cc1cc(F)ccc1C(=NO)c1ccccc1Cl. The summed E-state index contributed by atoms with van der Waals surface area (Å²) in [6, 6.07) is 11.3. The summed E-state index contributed by atoms with van der Waals surface area (Å²) in [4.78, 5) is 0. The van der Waals surface area contributed by atoms with Gasteiger partial charge in [0, 0.05) is 11.1 Å². The zero-order valence-electron chi connectivity index (χ0n) is 9.69. The quantitative estimate of drug-likeness (QED) is 0.496. The fourth-order valence-corrected chi connectivity index (χ4v) is 2.02. The summed E-state index contributed by atoms with van der Waals surface area (Å²) < 4.78 is 13.1. The molecule has 0 aliphatic heterocycles. The first-order valence-corrected chi connectivity index (χ1v) is 5.74. The van der Waals surface area contributed by atoms with Crippen molar-refractivity contribution in [2.75, 3.05) is 0 Å². The Morgan fingerprint density at radius 2 is 1.89 bits per heavy atom. The first kappa shape index (κ1) is 12.6. The Balaban J connectivity index is 2.57. The molecule has 0 heterocycles. The van der Waals surface area contributed by atoms with Crippen LogP contribution in [-0.4, -0.2) is 10.9 Å². The highest BCUT2D eigenvalue weighted by Gasteiger charge is 2.13. The number of nitrogens with zero attached hydrogens (tertiary/aromatic N) is 1. The number of rotatable bonds is 2. The average molecular weight is 264 g/mol. The van der Waals surface area contributed by atoms with Gasteiger partial charge in [-0.3, -0.25) is 0 Å². The molecular formula is C14H11ClFNO. The normalized spacial score (nSPS) is 11.6. The minimum atomic E-state index is -0.326. The van der Waals surface area contributed by atoms with Crippen molar-refractivity contribution in [3.63, 3.8) is 0 Å². The predicted octanol–water partition coefficient (Wildman–Crippen LogP) is 4.01. The molecule has 2 aromatic rings. The van der Waals surface area contributed by atoms with E-state index in [2.05, 4.69) is 5.16 Å². The molecule has 0 fully saturated rings. The Hall–Kier alpha value is -1.87. The van der Waals surface area contributed by atoms with Crippen LogP contribution in [0, 0.1) is 12.7 Å². The van der Waals surface area contributed by atoms with Gasteiger partial charge in [-0.2, -0.15) is 0 Å². The van der Waals surface area contributed by atoms with Crippen molar-refractivity contribution >= 4 is 17.3 Å². The lowest BCUT2D eigenvalue weighted by Gasteiger charge is -2.09. The number of aryl methyl sites for hydroxylation is 1. The minimum Gasteiger partial charge on any atom is -0.410 e. The summed E-state index contributed by atoms with van der Waals surface area (Å²) in [6.07, 6.45) is 0. The number of halogens is 2. The molecule has 2 nitrogen and oxygen atoms in total. The van der Waals surface area contributed by atoms with Crippen molar-refractivity contribution in [3.8, 4) is 0 Å². The molecule has 0 bridgehead atoms. The third kappa shape index (κ3) is 2.36. The van der Waals surface area contributed by atoms with Gasteiger partial charge < -0.3 is 5.21 Å². The van der Waals surface area contributed by atoms with Gasteiger partial charge >= 0.3 is 0 Å². The smallest absolute Gasteiger partial charge is 0.123 e. The van der Waals surface area contributed by atoms with Gasteiger partial charge in [0.15, 0.2) is 0 Å². The molecule has 0 unspecified atom stereocenters. The maximum absolute atomic E-state index is 13.1. The van der Waals surface area contributed by atoms with E-state index >= 15 is 0 Å². The van der Waals surface area contributed by atoms with E-state index in [4.69, 9.17) is 11.6 Å². The molecule has 1 N–H and O–H groups in total. The Labute approximate surface area is 109 Å². The van der Waals surface area contributed by atoms with Crippen molar-refractivity contribution in [1.82, 2.24) is 0 Å². The molecule has 0 saturated heterocycles. The molecule has 0 radical (unpaired) electrons. The molecule has 0 aliphatic carbocycles. The maximum atomic E-state index is 13.1. The summed E-state index contributed by atoms with van der Waals surface area (Å²) in [5.74, 6) is -0.326. The van der Waals surface area contributed by atoms with Gasteiger partial charge in [-0.25, -0.2) is 4.39 Å². The van der Waals surface area contributed by atoms with Gasteiger partial charge in [0.05, 0.1) is 5.02 Å². The number of hydrogen-bond acceptors (Lipinski definition) is 2. The van der Waals surface area contributed by atoms with Crippen molar-refractivity contribution in [2.24, 2.45) is 5.16 Å². The fraction of sp³-hybridized carbons (Fsp3) is 0.0714. The van der Waals surface area contributed by atoms with E-state index in [1.54, 1.807) is 37.3 Å². The lowest BCUT2D eigenvalue weighted by molar-refractivity contribution is 0.319. The van der Waals surface area contributed by atoms with E-state index in [9.17, 15) is 9.60 Å². The molecule has 0 saturated carbocycles. The maximum Gasteiger partial charge on any atom is 0.123 e. The first-order valence-electron chi connectivity index (χ1n) is 5.37. The van der Waals surface area contributed by atoms with Crippen LogP contribution in [0.25, 0.3) is 0 Å². The minimum absolute atomic E-state index is 0.326. The van der Waals surface area contributed by atoms with Crippen LogP contribution in [0.3, 0.4) is 0 Å². The van der Waals surface area contributed by atoms with E-state index in [0.29, 0.717) is 27.4 Å². The monoisotopic (exact) mass is 263 g/mol. The summed E-state index contributed by atoms with van der Waals surface area (Å²) in [7, 11) is 0. The molecule has 18 heavy (non-hydrogen) atoms. The zero-order valence-corrected chi connectivity index (χ0v) is 10.4. The Kier molecular flexibility index (Phi) is 3.63. The van der Waals surface area contributed by atoms with Gasteiger partial charge in [0.1, 0.15) is 11.5 Å². The lowest BCUT2D eigenvalue weighted by atomic mass is 9.98. The van der Waals surface area contributed by atoms with Crippen LogP contribution in [0.1, 0.15) is 16.7 Å². The van der Waals surface area contributed by atoms with Crippen LogP contribution >= 0.6 is 11.6 Å². The van der Waals surface area contributed by atoms with E-state index in [0.717, 1.165) is 0 Å². The van der Waals surface area contributed by atoms with Gasteiger partial charge in [0.2, 0.25) is 0 Å². The van der Waals surface area contributed by atoms with Gasteiger partial charge in [-0.05, 0) is 36.8 Å². The average Bonchev–Trinajstić information content (AvgIpc) is 2.34. The zero-order chi connectivity index (χ0) is 13.1. The van der Waals surface area contributed by atoms with Crippen molar-refractivity contribution in [1.29, 1.82) is 0 Å². The molecule has 2 rings (SSSR count). The molecular weight excluding hydrogens is 253 g/mol. The molecule has 2 aromatic carbocycles. The standard InChI is InChI=1S/C14H11ClFNO/c1-9-8-10(16)6-7-11(9)14(17-18)12-4-2-3-5-13(12)15/h2-8,18H,1H3. The topological polar surface area (TPSA) is 32.6 Å². The molecule has 0 atom stereocenters. The Bertz CT molecular complexity index is 610. The van der Waals surface area contributed by atoms with Crippen LogP contribution in [0.4, 0.5) is 4.39 Å². The van der Waals surface area contributed by atoms with Crippen molar-refractivity contribution < 1.29 is 9.60 Å². The van der Waals surface area contributed by atoms with Crippen LogP contribution in [-0.2, 0) is 0 Å². The summed E-state index contributed by atoms with van der Waals surface area (Å²) in [5.41, 5.74) is 2.27. The van der Waals surface area contributed by atoms with E-state index in [1.165, 1.54) is 12.1 Å². The van der Waals surface area contributed by atoms with E-state index in [1.807, 2.05) is 0 Å². The third-order valence-corrected chi connectivity index (χ3v) is 3.00. The highest BCUT2D eigenvalue weighted by atomic mass is 35.5. The summed E-state index contributed by atoms with van der Waals surface area (Å²) in [5, 5.41) is 13.0. The highest BCUT2D eigenvalue weighted by Crippen LogP contribution is 2.22. The van der Waals surface area contributed by atoms with Crippen LogP contribution in [0.5, 0.6) is 0 Å². The van der Waals surface area contributed by atoms with Gasteiger partial charge in [-0.1, -0.05) is 35.0 Å². The second kappa shape index (κ2) is 5.19. The Morgan fingerprint density at radius 1 is 1.17 bits per heavy atom. The van der Waals surface area contributed by atoms with E-state index < -0.39 is 0 Å². The van der Waals surface area contributed by atoms with Crippen LogP contribution in [0.2, 0.25) is 5.02 Å².